The number of hydrogen-bond acceptors (Lipinski definition) is 2. The van der Waals surface area contributed by atoms with E-state index in [0.717, 1.165) is 5.56 Å². The molecule has 2 nitrogen and oxygen atoms in total. The van der Waals surface area contributed by atoms with Crippen molar-refractivity contribution in [2.75, 3.05) is 0 Å². The lowest BCUT2D eigenvalue weighted by Crippen LogP contribution is -2.20. The molecule has 0 amide bonds. The molecule has 1 N–H and O–H groups in total. The number of rotatable bonds is 2. The van der Waals surface area contributed by atoms with Crippen LogP contribution < -0.4 is 4.74 Å². The Kier molecular flexibility index (Phi) is 2.96. The van der Waals surface area contributed by atoms with E-state index in [0.29, 0.717) is 23.7 Å². The summed E-state index contributed by atoms with van der Waals surface area (Å²) in [6.07, 6.45) is 2.10. The molecule has 1 aliphatic carbocycles. The first-order chi connectivity index (χ1) is 10.2. The van der Waals surface area contributed by atoms with Crippen LogP contribution in [-0.4, -0.2) is 5.11 Å². The molecule has 2 aliphatic rings. The van der Waals surface area contributed by atoms with Crippen LogP contribution in [0.2, 0.25) is 0 Å². The monoisotopic (exact) mass is 284 g/mol. The van der Waals surface area contributed by atoms with E-state index in [1.54, 1.807) is 6.07 Å². The molecule has 21 heavy (non-hydrogen) atoms. The molecule has 4 rings (SSSR count). The van der Waals surface area contributed by atoms with Gasteiger partial charge in [0, 0.05) is 12.0 Å². The predicted molar refractivity (Wildman–Crippen MR) is 77.8 cm³/mol. The van der Waals surface area contributed by atoms with E-state index in [9.17, 15) is 9.50 Å². The van der Waals surface area contributed by atoms with Gasteiger partial charge in [0.15, 0.2) is 0 Å². The van der Waals surface area contributed by atoms with E-state index < -0.39 is 6.10 Å². The molecule has 1 unspecified atom stereocenters. The summed E-state index contributed by atoms with van der Waals surface area (Å²) in [6.45, 7) is 0. The first-order valence-electron chi connectivity index (χ1n) is 7.45. The molecular formula is C18H17FO2. The van der Waals surface area contributed by atoms with E-state index in [1.165, 1.54) is 30.5 Å². The van der Waals surface area contributed by atoms with Crippen molar-refractivity contribution in [2.24, 2.45) is 0 Å². The van der Waals surface area contributed by atoms with E-state index >= 15 is 0 Å². The number of benzene rings is 2. The van der Waals surface area contributed by atoms with Gasteiger partial charge in [0.2, 0.25) is 0 Å². The van der Waals surface area contributed by atoms with Gasteiger partial charge in [-0.2, -0.15) is 0 Å². The van der Waals surface area contributed by atoms with Gasteiger partial charge in [-0.3, -0.25) is 0 Å². The third-order valence-electron chi connectivity index (χ3n) is 4.40. The predicted octanol–water partition coefficient (Wildman–Crippen LogP) is 4.26. The van der Waals surface area contributed by atoms with Crippen molar-refractivity contribution in [2.45, 2.75) is 37.4 Å². The maximum absolute atomic E-state index is 13.3. The summed E-state index contributed by atoms with van der Waals surface area (Å²) in [5, 5.41) is 10.3. The van der Waals surface area contributed by atoms with Crippen LogP contribution in [-0.2, 0) is 0 Å². The highest BCUT2D eigenvalue weighted by Crippen LogP contribution is 2.47. The summed E-state index contributed by atoms with van der Waals surface area (Å²) < 4.78 is 19.3. The highest BCUT2D eigenvalue weighted by Gasteiger charge is 2.33. The van der Waals surface area contributed by atoms with Crippen LogP contribution >= 0.6 is 0 Å². The number of fused-ring (bicyclic) bond motifs is 1. The van der Waals surface area contributed by atoms with Crippen LogP contribution in [0.4, 0.5) is 4.39 Å². The van der Waals surface area contributed by atoms with Crippen molar-refractivity contribution in [1.29, 1.82) is 0 Å². The maximum Gasteiger partial charge on any atom is 0.127 e. The summed E-state index contributed by atoms with van der Waals surface area (Å²) in [7, 11) is 0. The Hall–Kier alpha value is -1.87. The fourth-order valence-corrected chi connectivity index (χ4v) is 3.18. The van der Waals surface area contributed by atoms with Crippen LogP contribution in [0.25, 0.3) is 0 Å². The number of aliphatic hydroxyl groups is 1. The van der Waals surface area contributed by atoms with E-state index in [1.807, 2.05) is 6.07 Å². The van der Waals surface area contributed by atoms with Crippen molar-refractivity contribution in [3.05, 3.63) is 65.0 Å². The highest BCUT2D eigenvalue weighted by molar-refractivity contribution is 5.41. The molecule has 1 saturated carbocycles. The summed E-state index contributed by atoms with van der Waals surface area (Å²) in [6, 6.07) is 12.7. The SMILES string of the molecule is O[C@@H]1CC(c2ccccc2C2CC2)Oc2ccc(F)cc21. The standard InChI is InChI=1S/C18H17FO2/c19-12-7-8-17-15(9-12)16(20)10-18(21-17)14-4-2-1-3-13(14)11-5-6-11/h1-4,7-9,11,16,18,20H,5-6,10H2/t16-,18?/m1/s1. The Bertz CT molecular complexity index is 679. The van der Waals surface area contributed by atoms with Crippen molar-refractivity contribution < 1.29 is 14.2 Å². The van der Waals surface area contributed by atoms with E-state index in [2.05, 4.69) is 18.2 Å². The molecule has 2 aromatic carbocycles. The largest absolute Gasteiger partial charge is 0.485 e. The fraction of sp³-hybridized carbons (Fsp3) is 0.333. The zero-order valence-corrected chi connectivity index (χ0v) is 11.6. The third kappa shape index (κ3) is 2.32. The Morgan fingerprint density at radius 3 is 2.52 bits per heavy atom. The van der Waals surface area contributed by atoms with Gasteiger partial charge < -0.3 is 9.84 Å². The number of ether oxygens (including phenoxy) is 1. The topological polar surface area (TPSA) is 29.5 Å². The molecule has 0 bridgehead atoms. The second kappa shape index (κ2) is 4.85. The zero-order valence-electron chi connectivity index (χ0n) is 11.6. The molecule has 0 saturated heterocycles. The zero-order chi connectivity index (χ0) is 14.4. The molecule has 0 spiro atoms. The average Bonchev–Trinajstić information content (AvgIpc) is 3.32. The van der Waals surface area contributed by atoms with Gasteiger partial charge in [-0.25, -0.2) is 4.39 Å². The van der Waals surface area contributed by atoms with Gasteiger partial charge in [0.05, 0.1) is 6.10 Å². The minimum Gasteiger partial charge on any atom is -0.485 e. The van der Waals surface area contributed by atoms with Crippen LogP contribution in [0.3, 0.4) is 0 Å². The first-order valence-corrected chi connectivity index (χ1v) is 7.45. The molecule has 1 aliphatic heterocycles. The number of aliphatic hydroxyl groups excluding tert-OH is 1. The molecule has 2 atom stereocenters. The van der Waals surface area contributed by atoms with Gasteiger partial charge in [-0.1, -0.05) is 24.3 Å². The Morgan fingerprint density at radius 2 is 1.76 bits per heavy atom. The molecule has 0 aromatic heterocycles. The van der Waals surface area contributed by atoms with Gasteiger partial charge in [0.1, 0.15) is 17.7 Å². The fourth-order valence-electron chi connectivity index (χ4n) is 3.18. The van der Waals surface area contributed by atoms with Gasteiger partial charge in [-0.15, -0.1) is 0 Å². The van der Waals surface area contributed by atoms with Crippen molar-refractivity contribution in [3.63, 3.8) is 0 Å². The molecule has 108 valence electrons. The third-order valence-corrected chi connectivity index (χ3v) is 4.40. The maximum atomic E-state index is 13.3. The van der Waals surface area contributed by atoms with Crippen molar-refractivity contribution in [3.8, 4) is 5.75 Å². The lowest BCUT2D eigenvalue weighted by Gasteiger charge is -2.31. The smallest absolute Gasteiger partial charge is 0.127 e. The minimum atomic E-state index is -0.679. The average molecular weight is 284 g/mol. The summed E-state index contributed by atoms with van der Waals surface area (Å²) in [5.74, 6) is 0.885. The van der Waals surface area contributed by atoms with Gasteiger partial charge in [-0.05, 0) is 48.1 Å². The second-order valence-corrected chi connectivity index (χ2v) is 5.94. The first kappa shape index (κ1) is 12.8. The lowest BCUT2D eigenvalue weighted by atomic mass is 9.91. The van der Waals surface area contributed by atoms with Crippen molar-refractivity contribution >= 4 is 0 Å². The quantitative estimate of drug-likeness (QED) is 0.892. The normalized spacial score (nSPS) is 24.3. The molecular weight excluding hydrogens is 267 g/mol. The molecule has 1 fully saturated rings. The van der Waals surface area contributed by atoms with E-state index in [4.69, 9.17) is 4.74 Å². The van der Waals surface area contributed by atoms with Gasteiger partial charge >= 0.3 is 0 Å². The van der Waals surface area contributed by atoms with E-state index in [-0.39, 0.29) is 11.9 Å². The number of halogens is 1. The molecule has 3 heteroatoms. The highest BCUT2D eigenvalue weighted by atomic mass is 19.1. The Labute approximate surface area is 123 Å². The van der Waals surface area contributed by atoms with Crippen LogP contribution in [0.15, 0.2) is 42.5 Å². The number of hydrogen-bond donors (Lipinski definition) is 1. The minimum absolute atomic E-state index is 0.158. The Morgan fingerprint density at radius 1 is 1.00 bits per heavy atom. The van der Waals surface area contributed by atoms with Crippen LogP contribution in [0.1, 0.15) is 54.1 Å². The molecule has 2 aromatic rings. The lowest BCUT2D eigenvalue weighted by molar-refractivity contribution is 0.0649. The summed E-state index contributed by atoms with van der Waals surface area (Å²) in [5.41, 5.74) is 3.05. The summed E-state index contributed by atoms with van der Waals surface area (Å²) >= 11 is 0. The molecule has 0 radical (unpaired) electrons. The van der Waals surface area contributed by atoms with Crippen LogP contribution in [0.5, 0.6) is 5.75 Å². The van der Waals surface area contributed by atoms with Crippen LogP contribution in [0, 0.1) is 5.82 Å². The Balaban J connectivity index is 1.71. The summed E-state index contributed by atoms with van der Waals surface area (Å²) in [4.78, 5) is 0. The molecule has 1 heterocycles. The van der Waals surface area contributed by atoms with Crippen molar-refractivity contribution in [1.82, 2.24) is 0 Å². The second-order valence-electron chi connectivity index (χ2n) is 5.94. The van der Waals surface area contributed by atoms with Gasteiger partial charge in [0.25, 0.3) is 0 Å².